The number of hydrogen-bond acceptors (Lipinski definition) is 3. The first-order valence-electron chi connectivity index (χ1n) is 5.59. The Morgan fingerprint density at radius 3 is 2.59 bits per heavy atom. The molecule has 2 amide bonds. The molecule has 2 rings (SSSR count). The maximum Gasteiger partial charge on any atom is 0.230 e. The van der Waals surface area contributed by atoms with Crippen LogP contribution in [-0.4, -0.2) is 17.6 Å². The molecule has 0 aliphatic carbocycles. The van der Waals surface area contributed by atoms with Gasteiger partial charge in [-0.1, -0.05) is 30.3 Å². The average Bonchev–Trinajstić information content (AvgIpc) is 2.34. The van der Waals surface area contributed by atoms with Crippen molar-refractivity contribution in [2.24, 2.45) is 5.92 Å². The third kappa shape index (κ3) is 2.78. The number of nitrogens with one attached hydrogen (secondary N) is 1. The highest BCUT2D eigenvalue weighted by Gasteiger charge is 2.28. The van der Waals surface area contributed by atoms with Gasteiger partial charge in [-0.3, -0.25) is 19.7 Å². The quantitative estimate of drug-likeness (QED) is 0.630. The molecule has 1 atom stereocenters. The van der Waals surface area contributed by atoms with Crippen molar-refractivity contribution >= 4 is 17.6 Å². The standard InChI is InChI=1S/C13H13NO3/c15-11(9-4-2-1-3-5-9)8-10-6-7-12(16)14-13(10)17/h1-5,10H,6-8H2,(H,14,16,17)/t10-/m0/s1. The van der Waals surface area contributed by atoms with Crippen LogP contribution in [0.4, 0.5) is 0 Å². The number of carbonyl (C=O) groups excluding carboxylic acids is 3. The van der Waals surface area contributed by atoms with Crippen LogP contribution < -0.4 is 5.32 Å². The molecular weight excluding hydrogens is 218 g/mol. The molecule has 0 unspecified atom stereocenters. The minimum absolute atomic E-state index is 0.0555. The molecule has 0 radical (unpaired) electrons. The lowest BCUT2D eigenvalue weighted by molar-refractivity contribution is -0.136. The largest absolute Gasteiger partial charge is 0.296 e. The van der Waals surface area contributed by atoms with Gasteiger partial charge in [0.05, 0.1) is 0 Å². The predicted molar refractivity (Wildman–Crippen MR) is 61.3 cm³/mol. The van der Waals surface area contributed by atoms with Gasteiger partial charge in [-0.15, -0.1) is 0 Å². The van der Waals surface area contributed by atoms with E-state index in [1.807, 2.05) is 6.07 Å². The third-order valence-electron chi connectivity index (χ3n) is 2.88. The Morgan fingerprint density at radius 1 is 1.24 bits per heavy atom. The molecule has 1 fully saturated rings. The van der Waals surface area contributed by atoms with Gasteiger partial charge >= 0.3 is 0 Å². The van der Waals surface area contributed by atoms with Crippen molar-refractivity contribution in [3.63, 3.8) is 0 Å². The number of benzene rings is 1. The zero-order chi connectivity index (χ0) is 12.3. The molecule has 1 heterocycles. The van der Waals surface area contributed by atoms with Crippen LogP contribution in [-0.2, 0) is 9.59 Å². The first-order chi connectivity index (χ1) is 8.16. The topological polar surface area (TPSA) is 63.2 Å². The summed E-state index contributed by atoms with van der Waals surface area (Å²) in [5.41, 5.74) is 0.609. The number of imide groups is 1. The van der Waals surface area contributed by atoms with E-state index in [2.05, 4.69) is 5.32 Å². The maximum absolute atomic E-state index is 11.9. The molecule has 1 aliphatic rings. The Kier molecular flexibility index (Phi) is 3.32. The zero-order valence-electron chi connectivity index (χ0n) is 9.31. The maximum atomic E-state index is 11.9. The summed E-state index contributed by atoms with van der Waals surface area (Å²) in [4.78, 5) is 34.3. The van der Waals surface area contributed by atoms with Crippen LogP contribution in [0.2, 0.25) is 0 Å². The first-order valence-corrected chi connectivity index (χ1v) is 5.59. The minimum atomic E-state index is -0.375. The second-order valence-corrected chi connectivity index (χ2v) is 4.14. The summed E-state index contributed by atoms with van der Waals surface area (Å²) < 4.78 is 0. The molecule has 1 aromatic rings. The van der Waals surface area contributed by atoms with Gasteiger partial charge < -0.3 is 0 Å². The number of piperidine rings is 1. The van der Waals surface area contributed by atoms with Crippen LogP contribution in [0.25, 0.3) is 0 Å². The third-order valence-corrected chi connectivity index (χ3v) is 2.88. The van der Waals surface area contributed by atoms with E-state index in [-0.39, 0.29) is 29.9 Å². The van der Waals surface area contributed by atoms with Crippen LogP contribution in [0.5, 0.6) is 0 Å². The fraction of sp³-hybridized carbons (Fsp3) is 0.308. The smallest absolute Gasteiger partial charge is 0.230 e. The fourth-order valence-corrected chi connectivity index (χ4v) is 1.90. The molecule has 1 N–H and O–H groups in total. The van der Waals surface area contributed by atoms with Crippen molar-refractivity contribution in [2.75, 3.05) is 0 Å². The molecule has 4 nitrogen and oxygen atoms in total. The second kappa shape index (κ2) is 4.91. The number of hydrogen-bond donors (Lipinski definition) is 1. The van der Waals surface area contributed by atoms with Gasteiger partial charge in [-0.05, 0) is 6.42 Å². The lowest BCUT2D eigenvalue weighted by Gasteiger charge is -2.19. The average molecular weight is 231 g/mol. The molecule has 0 aromatic heterocycles. The van der Waals surface area contributed by atoms with E-state index in [0.717, 1.165) is 0 Å². The fourth-order valence-electron chi connectivity index (χ4n) is 1.90. The van der Waals surface area contributed by atoms with Gasteiger partial charge in [0, 0.05) is 24.3 Å². The molecule has 88 valence electrons. The highest BCUT2D eigenvalue weighted by Crippen LogP contribution is 2.18. The van der Waals surface area contributed by atoms with Gasteiger partial charge in [0.1, 0.15) is 0 Å². The Hall–Kier alpha value is -1.97. The van der Waals surface area contributed by atoms with Gasteiger partial charge in [0.25, 0.3) is 0 Å². The van der Waals surface area contributed by atoms with Crippen LogP contribution in [0.3, 0.4) is 0 Å². The summed E-state index contributed by atoms with van der Waals surface area (Å²) in [6.45, 7) is 0. The molecule has 1 aliphatic heterocycles. The van der Waals surface area contributed by atoms with E-state index >= 15 is 0 Å². The Morgan fingerprint density at radius 2 is 1.94 bits per heavy atom. The lowest BCUT2D eigenvalue weighted by atomic mass is 9.91. The van der Waals surface area contributed by atoms with Crippen molar-refractivity contribution < 1.29 is 14.4 Å². The number of rotatable bonds is 3. The number of Topliss-reactive ketones (excluding diaryl/α,β-unsaturated/α-hetero) is 1. The van der Waals surface area contributed by atoms with Crippen LogP contribution in [0, 0.1) is 5.92 Å². The van der Waals surface area contributed by atoms with E-state index in [9.17, 15) is 14.4 Å². The normalized spacial score (nSPS) is 19.9. The van der Waals surface area contributed by atoms with Crippen molar-refractivity contribution in [3.05, 3.63) is 35.9 Å². The van der Waals surface area contributed by atoms with E-state index in [4.69, 9.17) is 0 Å². The van der Waals surface area contributed by atoms with Crippen molar-refractivity contribution in [3.8, 4) is 0 Å². The van der Waals surface area contributed by atoms with Crippen LogP contribution >= 0.6 is 0 Å². The summed E-state index contributed by atoms with van der Waals surface area (Å²) in [6.07, 6.45) is 0.949. The van der Waals surface area contributed by atoms with Gasteiger partial charge in [0.2, 0.25) is 11.8 Å². The van der Waals surface area contributed by atoms with E-state index < -0.39 is 0 Å². The summed E-state index contributed by atoms with van der Waals surface area (Å²) in [5, 5.41) is 2.26. The van der Waals surface area contributed by atoms with Crippen molar-refractivity contribution in [1.82, 2.24) is 5.32 Å². The summed E-state index contributed by atoms with van der Waals surface area (Å²) in [6, 6.07) is 8.88. The summed E-state index contributed by atoms with van der Waals surface area (Å²) in [5.74, 6) is -1.01. The van der Waals surface area contributed by atoms with Gasteiger partial charge in [0.15, 0.2) is 5.78 Å². The predicted octanol–water partition coefficient (Wildman–Crippen LogP) is 1.31. The number of carbonyl (C=O) groups is 3. The van der Waals surface area contributed by atoms with Crippen molar-refractivity contribution in [2.45, 2.75) is 19.3 Å². The summed E-state index contributed by atoms with van der Waals surface area (Å²) >= 11 is 0. The molecule has 0 spiro atoms. The highest BCUT2D eigenvalue weighted by atomic mass is 16.2. The van der Waals surface area contributed by atoms with E-state index in [1.54, 1.807) is 24.3 Å². The SMILES string of the molecule is O=C1CC[C@@H](CC(=O)c2ccccc2)C(=O)N1. The molecular formula is C13H13NO3. The molecule has 1 aromatic carbocycles. The van der Waals surface area contributed by atoms with E-state index in [0.29, 0.717) is 18.4 Å². The van der Waals surface area contributed by atoms with Crippen molar-refractivity contribution in [1.29, 1.82) is 0 Å². The summed E-state index contributed by atoms with van der Waals surface area (Å²) in [7, 11) is 0. The van der Waals surface area contributed by atoms with Gasteiger partial charge in [-0.25, -0.2) is 0 Å². The Labute approximate surface area is 99.0 Å². The Bertz CT molecular complexity index is 453. The first kappa shape index (κ1) is 11.5. The highest BCUT2D eigenvalue weighted by molar-refractivity contribution is 6.03. The molecule has 17 heavy (non-hydrogen) atoms. The molecule has 0 bridgehead atoms. The second-order valence-electron chi connectivity index (χ2n) is 4.14. The molecule has 1 saturated heterocycles. The monoisotopic (exact) mass is 231 g/mol. The van der Waals surface area contributed by atoms with Crippen LogP contribution in [0.1, 0.15) is 29.6 Å². The molecule has 4 heteroatoms. The zero-order valence-corrected chi connectivity index (χ0v) is 9.31. The van der Waals surface area contributed by atoms with E-state index in [1.165, 1.54) is 0 Å². The molecule has 0 saturated carbocycles. The lowest BCUT2D eigenvalue weighted by Crippen LogP contribution is -2.41. The minimum Gasteiger partial charge on any atom is -0.296 e. The van der Waals surface area contributed by atoms with Gasteiger partial charge in [-0.2, -0.15) is 0 Å². The Balaban J connectivity index is 2.00. The number of ketones is 1. The van der Waals surface area contributed by atoms with Crippen LogP contribution in [0.15, 0.2) is 30.3 Å². The number of amides is 2.